The highest BCUT2D eigenvalue weighted by molar-refractivity contribution is 6.11. The first-order valence-electron chi connectivity index (χ1n) is 9.64. The zero-order chi connectivity index (χ0) is 20.4. The summed E-state index contributed by atoms with van der Waals surface area (Å²) in [4.78, 5) is 15.2. The SMILES string of the molecule is COc1cc(C(=O)N2c3ccccc3C[C@H]2C)c(N)cc1OCc1ccccc1. The van der Waals surface area contributed by atoms with Crippen molar-refractivity contribution in [3.8, 4) is 11.5 Å². The number of anilines is 2. The Morgan fingerprint density at radius 3 is 2.55 bits per heavy atom. The zero-order valence-electron chi connectivity index (χ0n) is 16.6. The molecule has 0 bridgehead atoms. The molecule has 0 radical (unpaired) electrons. The van der Waals surface area contributed by atoms with Crippen LogP contribution in [0.2, 0.25) is 0 Å². The van der Waals surface area contributed by atoms with Crippen molar-refractivity contribution in [2.45, 2.75) is 26.0 Å². The summed E-state index contributed by atoms with van der Waals surface area (Å²) in [7, 11) is 1.56. The van der Waals surface area contributed by atoms with E-state index in [1.165, 1.54) is 5.56 Å². The number of benzene rings is 3. The van der Waals surface area contributed by atoms with Crippen LogP contribution in [-0.4, -0.2) is 19.1 Å². The number of amides is 1. The molecule has 4 rings (SSSR count). The smallest absolute Gasteiger partial charge is 0.260 e. The third-order valence-corrected chi connectivity index (χ3v) is 5.23. The molecule has 2 N–H and O–H groups in total. The van der Waals surface area contributed by atoms with Crippen molar-refractivity contribution in [3.63, 3.8) is 0 Å². The van der Waals surface area contributed by atoms with E-state index in [0.717, 1.165) is 17.7 Å². The Balaban J connectivity index is 1.62. The van der Waals surface area contributed by atoms with Gasteiger partial charge in [0.05, 0.1) is 12.7 Å². The summed E-state index contributed by atoms with van der Waals surface area (Å²) < 4.78 is 11.4. The Morgan fingerprint density at radius 1 is 1.07 bits per heavy atom. The fraction of sp³-hybridized carbons (Fsp3) is 0.208. The molecule has 0 aliphatic carbocycles. The van der Waals surface area contributed by atoms with E-state index in [1.807, 2.05) is 60.4 Å². The van der Waals surface area contributed by atoms with Crippen LogP contribution >= 0.6 is 0 Å². The molecule has 0 unspecified atom stereocenters. The first-order valence-corrected chi connectivity index (χ1v) is 9.64. The van der Waals surface area contributed by atoms with Crippen LogP contribution in [0.25, 0.3) is 0 Å². The molecule has 5 heteroatoms. The molecule has 1 aliphatic heterocycles. The molecule has 0 fully saturated rings. The van der Waals surface area contributed by atoms with Gasteiger partial charge in [0.25, 0.3) is 5.91 Å². The van der Waals surface area contributed by atoms with Crippen LogP contribution < -0.4 is 20.1 Å². The van der Waals surface area contributed by atoms with E-state index >= 15 is 0 Å². The normalized spacial score (nSPS) is 15.1. The second kappa shape index (κ2) is 7.87. The lowest BCUT2D eigenvalue weighted by Crippen LogP contribution is -2.36. The number of methoxy groups -OCH3 is 1. The van der Waals surface area contributed by atoms with Gasteiger partial charge in [-0.3, -0.25) is 4.79 Å². The number of hydrogen-bond donors (Lipinski definition) is 1. The predicted molar refractivity (Wildman–Crippen MR) is 115 cm³/mol. The highest BCUT2D eigenvalue weighted by Crippen LogP contribution is 2.37. The number of carbonyl (C=O) groups excluding carboxylic acids is 1. The maximum Gasteiger partial charge on any atom is 0.260 e. The van der Waals surface area contributed by atoms with Gasteiger partial charge in [-0.15, -0.1) is 0 Å². The van der Waals surface area contributed by atoms with Crippen LogP contribution in [0.1, 0.15) is 28.4 Å². The molecule has 0 saturated heterocycles. The molecule has 3 aromatic rings. The summed E-state index contributed by atoms with van der Waals surface area (Å²) in [6, 6.07) is 21.2. The third kappa shape index (κ3) is 3.63. The number of ether oxygens (including phenoxy) is 2. The third-order valence-electron chi connectivity index (χ3n) is 5.23. The molecule has 3 aromatic carbocycles. The van der Waals surface area contributed by atoms with Crippen molar-refractivity contribution < 1.29 is 14.3 Å². The minimum atomic E-state index is -0.132. The van der Waals surface area contributed by atoms with Crippen LogP contribution in [0.4, 0.5) is 11.4 Å². The fourth-order valence-electron chi connectivity index (χ4n) is 3.77. The average molecular weight is 388 g/mol. The van der Waals surface area contributed by atoms with Crippen LogP contribution in [-0.2, 0) is 13.0 Å². The number of carbonyl (C=O) groups is 1. The zero-order valence-corrected chi connectivity index (χ0v) is 16.6. The number of para-hydroxylation sites is 1. The second-order valence-corrected chi connectivity index (χ2v) is 7.22. The Kier molecular flexibility index (Phi) is 5.12. The quantitative estimate of drug-likeness (QED) is 0.656. The minimum absolute atomic E-state index is 0.0688. The van der Waals surface area contributed by atoms with Gasteiger partial charge in [-0.2, -0.15) is 0 Å². The number of fused-ring (bicyclic) bond motifs is 1. The Labute approximate surface area is 170 Å². The van der Waals surface area contributed by atoms with Crippen molar-refractivity contribution in [1.29, 1.82) is 0 Å². The van der Waals surface area contributed by atoms with Gasteiger partial charge >= 0.3 is 0 Å². The largest absolute Gasteiger partial charge is 0.493 e. The molecule has 1 aliphatic rings. The van der Waals surface area contributed by atoms with Crippen LogP contribution in [0, 0.1) is 0 Å². The molecular formula is C24H24N2O3. The topological polar surface area (TPSA) is 64.8 Å². The van der Waals surface area contributed by atoms with Crippen LogP contribution in [0.15, 0.2) is 66.7 Å². The number of rotatable bonds is 5. The molecule has 0 aromatic heterocycles. The van der Waals surface area contributed by atoms with Gasteiger partial charge in [0.15, 0.2) is 11.5 Å². The minimum Gasteiger partial charge on any atom is -0.493 e. The molecule has 148 valence electrons. The molecule has 0 saturated carbocycles. The number of nitrogens with two attached hydrogens (primary N) is 1. The second-order valence-electron chi connectivity index (χ2n) is 7.22. The highest BCUT2D eigenvalue weighted by atomic mass is 16.5. The maximum atomic E-state index is 13.3. The number of nitrogens with zero attached hydrogens (tertiary/aromatic N) is 1. The van der Waals surface area contributed by atoms with E-state index in [-0.39, 0.29) is 11.9 Å². The summed E-state index contributed by atoms with van der Waals surface area (Å²) in [6.07, 6.45) is 0.831. The van der Waals surface area contributed by atoms with E-state index in [9.17, 15) is 4.79 Å². The molecule has 5 nitrogen and oxygen atoms in total. The number of nitrogen functional groups attached to an aromatic ring is 1. The fourth-order valence-corrected chi connectivity index (χ4v) is 3.77. The molecule has 1 amide bonds. The van der Waals surface area contributed by atoms with Crippen LogP contribution in [0.5, 0.6) is 11.5 Å². The maximum absolute atomic E-state index is 13.3. The molecule has 1 heterocycles. The van der Waals surface area contributed by atoms with Gasteiger partial charge in [0, 0.05) is 23.5 Å². The molecular weight excluding hydrogens is 364 g/mol. The first kappa shape index (κ1) is 18.9. The molecule has 0 spiro atoms. The van der Waals surface area contributed by atoms with Gasteiger partial charge in [0.2, 0.25) is 0 Å². The summed E-state index contributed by atoms with van der Waals surface area (Å²) in [5.41, 5.74) is 10.2. The lowest BCUT2D eigenvalue weighted by molar-refractivity contribution is 0.0982. The van der Waals surface area contributed by atoms with Crippen molar-refractivity contribution in [2.24, 2.45) is 0 Å². The standard InChI is InChI=1S/C24H24N2O3/c1-16-12-18-10-6-7-11-21(18)26(16)24(27)19-13-22(28-2)23(14-20(19)25)29-15-17-8-4-3-5-9-17/h3-11,13-14,16H,12,15,25H2,1-2H3/t16-/m1/s1. The van der Waals surface area contributed by atoms with E-state index in [2.05, 4.69) is 6.07 Å². The van der Waals surface area contributed by atoms with Crippen LogP contribution in [0.3, 0.4) is 0 Å². The molecule has 29 heavy (non-hydrogen) atoms. The Morgan fingerprint density at radius 2 is 1.79 bits per heavy atom. The predicted octanol–water partition coefficient (Wildman–Crippen LogP) is 4.45. The Bertz CT molecular complexity index is 1030. The van der Waals surface area contributed by atoms with Crippen molar-refractivity contribution in [2.75, 3.05) is 17.7 Å². The summed E-state index contributed by atoms with van der Waals surface area (Å²) in [5, 5.41) is 0. The van der Waals surface area contributed by atoms with Crippen molar-refractivity contribution in [1.82, 2.24) is 0 Å². The Hall–Kier alpha value is -3.47. The average Bonchev–Trinajstić information content (AvgIpc) is 3.08. The number of hydrogen-bond acceptors (Lipinski definition) is 4. The lowest BCUT2D eigenvalue weighted by Gasteiger charge is -2.24. The first-order chi connectivity index (χ1) is 14.1. The highest BCUT2D eigenvalue weighted by Gasteiger charge is 2.32. The monoisotopic (exact) mass is 388 g/mol. The van der Waals surface area contributed by atoms with E-state index in [4.69, 9.17) is 15.2 Å². The van der Waals surface area contributed by atoms with Gasteiger partial charge in [-0.05, 0) is 36.6 Å². The van der Waals surface area contributed by atoms with E-state index in [0.29, 0.717) is 29.4 Å². The van der Waals surface area contributed by atoms with Gasteiger partial charge in [0.1, 0.15) is 6.61 Å². The summed E-state index contributed by atoms with van der Waals surface area (Å²) in [6.45, 7) is 2.43. The van der Waals surface area contributed by atoms with Crippen molar-refractivity contribution >= 4 is 17.3 Å². The van der Waals surface area contributed by atoms with E-state index < -0.39 is 0 Å². The van der Waals surface area contributed by atoms with Gasteiger partial charge < -0.3 is 20.1 Å². The van der Waals surface area contributed by atoms with Gasteiger partial charge in [-0.25, -0.2) is 0 Å². The lowest BCUT2D eigenvalue weighted by atomic mass is 10.1. The van der Waals surface area contributed by atoms with Crippen molar-refractivity contribution in [3.05, 3.63) is 83.4 Å². The van der Waals surface area contributed by atoms with E-state index in [1.54, 1.807) is 19.2 Å². The van der Waals surface area contributed by atoms with Gasteiger partial charge in [-0.1, -0.05) is 48.5 Å². The molecule has 1 atom stereocenters. The summed E-state index contributed by atoms with van der Waals surface area (Å²) in [5.74, 6) is 0.867. The summed E-state index contributed by atoms with van der Waals surface area (Å²) >= 11 is 0.